The first-order chi connectivity index (χ1) is 29.8. The van der Waals surface area contributed by atoms with Crippen molar-refractivity contribution in [2.24, 2.45) is 0 Å². The van der Waals surface area contributed by atoms with E-state index in [-0.39, 0.29) is 18.6 Å². The third kappa shape index (κ3) is 28.6. The lowest BCUT2D eigenvalue weighted by molar-refractivity contribution is -0.220. The molecule has 0 spiro atoms. The van der Waals surface area contributed by atoms with E-state index < -0.39 is 75.7 Å². The van der Waals surface area contributed by atoms with Crippen LogP contribution in [0.3, 0.4) is 0 Å². The van der Waals surface area contributed by atoms with E-state index in [1.54, 1.807) is 12.2 Å². The molecule has 0 saturated heterocycles. The Hall–Kier alpha value is -3.04. The predicted molar refractivity (Wildman–Crippen MR) is 240 cm³/mol. The van der Waals surface area contributed by atoms with Gasteiger partial charge in [0.05, 0.1) is 6.61 Å². The summed E-state index contributed by atoms with van der Waals surface area (Å²) >= 11 is 0. The number of rotatable bonds is 36. The fraction of sp³-hybridized carbons (Fsp3) is 0.681. The van der Waals surface area contributed by atoms with Crippen LogP contribution >= 0.6 is 7.82 Å². The van der Waals surface area contributed by atoms with Gasteiger partial charge < -0.3 is 39.9 Å². The van der Waals surface area contributed by atoms with Crippen LogP contribution in [0, 0.1) is 0 Å². The Balaban J connectivity index is 2.55. The number of phosphoric acid groups is 1. The second-order valence-electron chi connectivity index (χ2n) is 15.6. The molecule has 62 heavy (non-hydrogen) atoms. The van der Waals surface area contributed by atoms with Crippen LogP contribution in [0.15, 0.2) is 72.9 Å². The Bertz CT molecular complexity index is 1420. The zero-order valence-electron chi connectivity index (χ0n) is 37.1. The average Bonchev–Trinajstić information content (AvgIpc) is 3.25. The summed E-state index contributed by atoms with van der Waals surface area (Å²) in [6.07, 6.45) is 28.0. The van der Waals surface area contributed by atoms with Crippen LogP contribution in [0.4, 0.5) is 0 Å². The first-order valence-corrected chi connectivity index (χ1v) is 24.2. The monoisotopic (exact) mass is 897 g/mol. The van der Waals surface area contributed by atoms with Crippen molar-refractivity contribution in [3.05, 3.63) is 72.9 Å². The van der Waals surface area contributed by atoms with Gasteiger partial charge in [-0.15, -0.1) is 0 Å². The molecule has 0 radical (unpaired) electrons. The van der Waals surface area contributed by atoms with E-state index in [1.807, 2.05) is 24.3 Å². The third-order valence-corrected chi connectivity index (χ3v) is 11.0. The van der Waals surface area contributed by atoms with Crippen LogP contribution in [0.5, 0.6) is 0 Å². The Morgan fingerprint density at radius 2 is 1.03 bits per heavy atom. The zero-order valence-corrected chi connectivity index (χ0v) is 38.0. The number of aliphatic hydroxyl groups excluding tert-OH is 5. The highest BCUT2D eigenvalue weighted by molar-refractivity contribution is 7.47. The lowest BCUT2D eigenvalue weighted by Crippen LogP contribution is -2.64. The predicted octanol–water partition coefficient (Wildman–Crippen LogP) is 7.90. The van der Waals surface area contributed by atoms with Crippen molar-refractivity contribution in [3.8, 4) is 0 Å². The summed E-state index contributed by atoms with van der Waals surface area (Å²) in [6, 6.07) is 0. The molecule has 0 bridgehead atoms. The van der Waals surface area contributed by atoms with Gasteiger partial charge in [0.1, 0.15) is 43.2 Å². The third-order valence-electron chi connectivity index (χ3n) is 10.00. The van der Waals surface area contributed by atoms with Crippen LogP contribution in [0.25, 0.3) is 0 Å². The van der Waals surface area contributed by atoms with E-state index >= 15 is 0 Å². The van der Waals surface area contributed by atoms with Gasteiger partial charge in [-0.3, -0.25) is 23.4 Å². The lowest BCUT2D eigenvalue weighted by Gasteiger charge is -2.41. The van der Waals surface area contributed by atoms with E-state index in [0.29, 0.717) is 25.7 Å². The minimum Gasteiger partial charge on any atom is -0.462 e. The molecular weight excluding hydrogens is 819 g/mol. The fourth-order valence-electron chi connectivity index (χ4n) is 6.26. The minimum atomic E-state index is -5.16. The summed E-state index contributed by atoms with van der Waals surface area (Å²) < 4.78 is 33.4. The second-order valence-corrected chi connectivity index (χ2v) is 17.0. The highest BCUT2D eigenvalue weighted by atomic mass is 31.2. The molecule has 15 heteroatoms. The van der Waals surface area contributed by atoms with Gasteiger partial charge in [-0.2, -0.15) is 0 Å². The Kier molecular flexibility index (Phi) is 33.4. The van der Waals surface area contributed by atoms with Gasteiger partial charge in [-0.25, -0.2) is 4.57 Å². The molecule has 0 heterocycles. The van der Waals surface area contributed by atoms with Crippen LogP contribution in [0.2, 0.25) is 0 Å². The maximum Gasteiger partial charge on any atom is 0.472 e. The van der Waals surface area contributed by atoms with Gasteiger partial charge in [0.25, 0.3) is 0 Å². The summed E-state index contributed by atoms with van der Waals surface area (Å²) in [6.45, 7) is 3.03. The van der Waals surface area contributed by atoms with Gasteiger partial charge >= 0.3 is 19.8 Å². The van der Waals surface area contributed by atoms with Crippen molar-refractivity contribution in [1.29, 1.82) is 0 Å². The molecule has 14 nitrogen and oxygen atoms in total. The number of carbonyl (C=O) groups is 3. The summed E-state index contributed by atoms with van der Waals surface area (Å²) in [5, 5.41) is 50.1. The van der Waals surface area contributed by atoms with Crippen molar-refractivity contribution in [2.45, 2.75) is 191 Å². The normalized spacial score (nSPS) is 22.5. The second kappa shape index (κ2) is 36.3. The molecule has 0 aromatic rings. The Labute approximate surface area is 370 Å². The number of ketones is 1. The molecule has 1 rings (SSSR count). The van der Waals surface area contributed by atoms with E-state index in [4.69, 9.17) is 18.5 Å². The molecule has 354 valence electrons. The zero-order chi connectivity index (χ0) is 45.9. The summed E-state index contributed by atoms with van der Waals surface area (Å²) in [5.74, 6) is -1.09. The fourth-order valence-corrected chi connectivity index (χ4v) is 7.23. The summed E-state index contributed by atoms with van der Waals surface area (Å²) in [7, 11) is -5.16. The largest absolute Gasteiger partial charge is 0.472 e. The topological polar surface area (TPSA) is 227 Å². The van der Waals surface area contributed by atoms with Crippen molar-refractivity contribution < 1.29 is 67.9 Å². The van der Waals surface area contributed by atoms with Crippen molar-refractivity contribution in [2.75, 3.05) is 13.2 Å². The first kappa shape index (κ1) is 57.0. The molecule has 3 unspecified atom stereocenters. The Morgan fingerprint density at radius 3 is 1.66 bits per heavy atom. The number of hydrogen-bond acceptors (Lipinski definition) is 13. The van der Waals surface area contributed by atoms with Gasteiger partial charge in [0.15, 0.2) is 11.9 Å². The molecular formula is C47H77O14P. The van der Waals surface area contributed by atoms with Crippen LogP contribution in [-0.2, 0) is 37.5 Å². The van der Waals surface area contributed by atoms with E-state index in [0.717, 1.165) is 77.0 Å². The summed E-state index contributed by atoms with van der Waals surface area (Å²) in [5.41, 5.74) is 0. The first-order valence-electron chi connectivity index (χ1n) is 22.7. The standard InChI is InChI=1S/C47H77O14P/c1-3-5-7-8-9-10-11-12-13-14-15-16-17-20-24-27-31-35-41(50)60-39(37-59-62(56,57)61-47-45(54)43(52)42(51)44(53)46(47)55)36-58-40(49)34-30-26-23-21-18-19-22-25-29-33-38(48)32-28-6-4-2/h9-10,12-13,15-16,20,22,24-25,29,33,39,42-47,51-55H,3-8,11,14,17-19,21,23,26-28,30-32,34-37H2,1-2H3,(H,56,57)/b10-9-,13-12-,16-15-,24-20-,25-22-,33-29+/t39-,42?,43-,44+,45-,46-,47?/m1/s1. The summed E-state index contributed by atoms with van der Waals surface area (Å²) in [4.78, 5) is 47.4. The van der Waals surface area contributed by atoms with E-state index in [9.17, 15) is 49.4 Å². The quantitative estimate of drug-likeness (QED) is 0.00878. The molecule has 1 saturated carbocycles. The van der Waals surface area contributed by atoms with Gasteiger partial charge in [-0.1, -0.05) is 126 Å². The van der Waals surface area contributed by atoms with Crippen molar-refractivity contribution in [3.63, 3.8) is 0 Å². The molecule has 0 aromatic heterocycles. The minimum absolute atomic E-state index is 0.000387. The molecule has 1 fully saturated rings. The number of carbonyl (C=O) groups excluding carboxylic acids is 3. The molecule has 0 amide bonds. The molecule has 0 aliphatic heterocycles. The number of hydrogen-bond donors (Lipinski definition) is 6. The number of allylic oxidation sites excluding steroid dienone is 12. The van der Waals surface area contributed by atoms with Gasteiger partial charge in [0.2, 0.25) is 0 Å². The SMILES string of the molecule is CCCCC/C=C\C/C=C\C/C=C\C/C=C\CCCC(=O)O[C@H](COC(=O)CCCCCCC/C=C\C=C\C(=O)CCCCC)COP(=O)(O)OC1[C@H](O)[C@H](O)C(O)[C@H](O)[C@H]1O. The molecule has 1 aliphatic rings. The smallest absolute Gasteiger partial charge is 0.462 e. The van der Waals surface area contributed by atoms with Gasteiger partial charge in [0, 0.05) is 19.3 Å². The number of aliphatic hydroxyl groups is 5. The van der Waals surface area contributed by atoms with Gasteiger partial charge in [-0.05, 0) is 76.7 Å². The van der Waals surface area contributed by atoms with E-state index in [2.05, 4.69) is 50.3 Å². The van der Waals surface area contributed by atoms with Crippen molar-refractivity contribution >= 4 is 25.5 Å². The van der Waals surface area contributed by atoms with Crippen molar-refractivity contribution in [1.82, 2.24) is 0 Å². The number of unbranched alkanes of at least 4 members (excludes halogenated alkanes) is 11. The lowest BCUT2D eigenvalue weighted by atomic mass is 9.85. The molecule has 0 aromatic carbocycles. The van der Waals surface area contributed by atoms with Crippen LogP contribution < -0.4 is 0 Å². The number of esters is 2. The highest BCUT2D eigenvalue weighted by Crippen LogP contribution is 2.47. The average molecular weight is 897 g/mol. The maximum atomic E-state index is 12.8. The Morgan fingerprint density at radius 1 is 0.548 bits per heavy atom. The molecule has 6 N–H and O–H groups in total. The van der Waals surface area contributed by atoms with Crippen LogP contribution in [0.1, 0.15) is 149 Å². The molecule has 8 atom stereocenters. The van der Waals surface area contributed by atoms with Crippen LogP contribution in [-0.4, -0.2) is 104 Å². The highest BCUT2D eigenvalue weighted by Gasteiger charge is 2.51. The van der Waals surface area contributed by atoms with E-state index in [1.165, 1.54) is 19.3 Å². The molecule has 1 aliphatic carbocycles. The number of ether oxygens (including phenoxy) is 2. The maximum absolute atomic E-state index is 12.8. The number of phosphoric ester groups is 1.